The topological polar surface area (TPSA) is 93.6 Å². The summed E-state index contributed by atoms with van der Waals surface area (Å²) < 4.78 is 11.7. The zero-order chi connectivity index (χ0) is 18.9. The summed E-state index contributed by atoms with van der Waals surface area (Å²) >= 11 is 1.38. The Bertz CT molecular complexity index is 1230. The van der Waals surface area contributed by atoms with E-state index in [1.54, 1.807) is 0 Å². The minimum atomic E-state index is -0.124. The smallest absolute Gasteiger partial charge is 0.277 e. The summed E-state index contributed by atoms with van der Waals surface area (Å²) in [5.41, 5.74) is 2.79. The first-order valence-corrected chi connectivity index (χ1v) is 9.61. The van der Waals surface area contributed by atoms with E-state index in [1.165, 1.54) is 11.8 Å². The van der Waals surface area contributed by atoms with E-state index >= 15 is 0 Å². The Balaban J connectivity index is 1.35. The van der Waals surface area contributed by atoms with Crippen molar-refractivity contribution in [2.75, 3.05) is 0 Å². The molecule has 0 saturated carbocycles. The van der Waals surface area contributed by atoms with E-state index in [4.69, 9.17) is 8.83 Å². The molecule has 7 nitrogen and oxygen atoms in total. The third-order valence-electron chi connectivity index (χ3n) is 4.31. The first-order chi connectivity index (χ1) is 13.8. The van der Waals surface area contributed by atoms with Crippen molar-refractivity contribution >= 4 is 22.7 Å². The lowest BCUT2D eigenvalue weighted by Gasteiger charge is -2.01. The summed E-state index contributed by atoms with van der Waals surface area (Å²) in [5.74, 6) is 1.48. The summed E-state index contributed by atoms with van der Waals surface area (Å²) in [6.45, 7) is 1.96. The van der Waals surface area contributed by atoms with Gasteiger partial charge in [0.2, 0.25) is 11.8 Å². The first kappa shape index (κ1) is 16.8. The molecule has 3 aromatic heterocycles. The van der Waals surface area contributed by atoms with Crippen LogP contribution in [0.1, 0.15) is 18.1 Å². The van der Waals surface area contributed by atoms with Gasteiger partial charge in [0.15, 0.2) is 0 Å². The van der Waals surface area contributed by atoms with Crippen LogP contribution in [-0.2, 0) is 0 Å². The highest BCUT2D eigenvalue weighted by molar-refractivity contribution is 7.99. The monoisotopic (exact) mass is 389 g/mol. The summed E-state index contributed by atoms with van der Waals surface area (Å²) in [4.78, 5) is 3.21. The molecule has 0 spiro atoms. The Labute approximate surface area is 164 Å². The van der Waals surface area contributed by atoms with Crippen LogP contribution in [0.15, 0.2) is 74.9 Å². The molecule has 1 atom stereocenters. The number of hydrogen-bond donors (Lipinski definition) is 1. The lowest BCUT2D eigenvalue weighted by atomic mass is 10.2. The van der Waals surface area contributed by atoms with Gasteiger partial charge in [0.1, 0.15) is 0 Å². The Morgan fingerprint density at radius 1 is 0.857 bits per heavy atom. The number of aromatic amines is 1. The van der Waals surface area contributed by atoms with Gasteiger partial charge in [-0.05, 0) is 25.1 Å². The lowest BCUT2D eigenvalue weighted by Crippen LogP contribution is -1.88. The molecule has 138 valence electrons. The molecule has 0 bridgehead atoms. The van der Waals surface area contributed by atoms with E-state index in [0.717, 1.165) is 22.0 Å². The fraction of sp³-hybridized carbons (Fsp3) is 0.100. The number of rotatable bonds is 5. The SMILES string of the molecule is C[C@@H](Sc1nnc(-c2c[nH]c3ccccc23)o1)c1nnc(-c2ccccc2)o1. The predicted octanol–water partition coefficient (Wildman–Crippen LogP) is 5.12. The largest absolute Gasteiger partial charge is 0.419 e. The fourth-order valence-corrected chi connectivity index (χ4v) is 3.63. The van der Waals surface area contributed by atoms with E-state index in [9.17, 15) is 0 Å². The van der Waals surface area contributed by atoms with Gasteiger partial charge in [-0.3, -0.25) is 0 Å². The second-order valence-electron chi connectivity index (χ2n) is 6.19. The van der Waals surface area contributed by atoms with Crippen LogP contribution in [0.5, 0.6) is 0 Å². The van der Waals surface area contributed by atoms with Crippen LogP contribution in [0.4, 0.5) is 0 Å². The molecule has 5 rings (SSSR count). The first-order valence-electron chi connectivity index (χ1n) is 8.73. The highest BCUT2D eigenvalue weighted by Gasteiger charge is 2.20. The van der Waals surface area contributed by atoms with Crippen LogP contribution in [-0.4, -0.2) is 25.4 Å². The van der Waals surface area contributed by atoms with Crippen molar-refractivity contribution in [1.82, 2.24) is 25.4 Å². The fourth-order valence-electron chi connectivity index (χ4n) is 2.91. The molecule has 0 aliphatic heterocycles. The van der Waals surface area contributed by atoms with Crippen LogP contribution in [0.3, 0.4) is 0 Å². The molecule has 0 aliphatic carbocycles. The third-order valence-corrected chi connectivity index (χ3v) is 5.23. The van der Waals surface area contributed by atoms with Gasteiger partial charge < -0.3 is 13.8 Å². The van der Waals surface area contributed by atoms with Gasteiger partial charge in [-0.1, -0.05) is 48.2 Å². The minimum Gasteiger partial charge on any atom is -0.419 e. The highest BCUT2D eigenvalue weighted by atomic mass is 32.2. The molecule has 0 fully saturated rings. The lowest BCUT2D eigenvalue weighted by molar-refractivity contribution is 0.461. The third kappa shape index (κ3) is 3.07. The van der Waals surface area contributed by atoms with Crippen molar-refractivity contribution in [3.8, 4) is 22.9 Å². The number of benzene rings is 2. The molecule has 2 aromatic carbocycles. The number of para-hydroxylation sites is 1. The van der Waals surface area contributed by atoms with Gasteiger partial charge in [-0.2, -0.15) is 0 Å². The van der Waals surface area contributed by atoms with Crippen molar-refractivity contribution in [1.29, 1.82) is 0 Å². The molecule has 0 radical (unpaired) electrons. The number of hydrogen-bond acceptors (Lipinski definition) is 7. The van der Waals surface area contributed by atoms with Crippen LogP contribution in [0, 0.1) is 0 Å². The molecule has 0 unspecified atom stereocenters. The predicted molar refractivity (Wildman–Crippen MR) is 106 cm³/mol. The number of nitrogens with one attached hydrogen (secondary N) is 1. The van der Waals surface area contributed by atoms with Crippen molar-refractivity contribution in [3.05, 3.63) is 66.7 Å². The van der Waals surface area contributed by atoms with Gasteiger partial charge >= 0.3 is 0 Å². The summed E-state index contributed by atoms with van der Waals surface area (Å²) in [7, 11) is 0. The van der Waals surface area contributed by atoms with Crippen LogP contribution < -0.4 is 0 Å². The second kappa shape index (κ2) is 6.97. The zero-order valence-electron chi connectivity index (χ0n) is 14.9. The molecule has 0 saturated heterocycles. The van der Waals surface area contributed by atoms with E-state index in [0.29, 0.717) is 22.9 Å². The van der Waals surface area contributed by atoms with Crippen LogP contribution in [0.25, 0.3) is 33.8 Å². The van der Waals surface area contributed by atoms with Crippen LogP contribution >= 0.6 is 11.8 Å². The van der Waals surface area contributed by atoms with Gasteiger partial charge in [0.25, 0.3) is 11.1 Å². The average Bonchev–Trinajstić information content (AvgIpc) is 3.47. The van der Waals surface area contributed by atoms with Crippen molar-refractivity contribution in [2.24, 2.45) is 0 Å². The number of aromatic nitrogens is 5. The maximum atomic E-state index is 5.85. The molecule has 5 aromatic rings. The normalized spacial score (nSPS) is 12.5. The van der Waals surface area contributed by atoms with E-state index in [1.807, 2.05) is 67.7 Å². The second-order valence-corrected chi connectivity index (χ2v) is 7.48. The molecule has 3 heterocycles. The van der Waals surface area contributed by atoms with E-state index in [2.05, 4.69) is 25.4 Å². The minimum absolute atomic E-state index is 0.124. The number of fused-ring (bicyclic) bond motifs is 1. The molecular formula is C20H15N5O2S. The maximum Gasteiger partial charge on any atom is 0.277 e. The van der Waals surface area contributed by atoms with Crippen molar-refractivity contribution in [3.63, 3.8) is 0 Å². The molecule has 28 heavy (non-hydrogen) atoms. The zero-order valence-corrected chi connectivity index (χ0v) is 15.7. The van der Waals surface area contributed by atoms with Crippen LogP contribution in [0.2, 0.25) is 0 Å². The Hall–Kier alpha value is -3.39. The summed E-state index contributed by atoms with van der Waals surface area (Å²) in [6.07, 6.45) is 1.88. The Kier molecular flexibility index (Phi) is 4.17. The summed E-state index contributed by atoms with van der Waals surface area (Å²) in [6, 6.07) is 17.7. The maximum absolute atomic E-state index is 5.85. The number of thioether (sulfide) groups is 1. The van der Waals surface area contributed by atoms with E-state index < -0.39 is 0 Å². The standard InChI is InChI=1S/C20H15N5O2S/c1-12(17-22-23-18(26-17)13-7-3-2-4-8-13)28-20-25-24-19(27-20)15-11-21-16-10-6-5-9-14(15)16/h2-12,21H,1H3/t12-/m1/s1. The molecular weight excluding hydrogens is 374 g/mol. The quantitative estimate of drug-likeness (QED) is 0.417. The molecule has 0 aliphatic rings. The van der Waals surface area contributed by atoms with Gasteiger partial charge in [0.05, 0.1) is 10.8 Å². The molecule has 8 heteroatoms. The molecule has 0 amide bonds. The highest BCUT2D eigenvalue weighted by Crippen LogP contribution is 2.36. The van der Waals surface area contributed by atoms with Gasteiger partial charge in [-0.25, -0.2) is 0 Å². The Morgan fingerprint density at radius 2 is 1.64 bits per heavy atom. The Morgan fingerprint density at radius 3 is 2.54 bits per heavy atom. The average molecular weight is 389 g/mol. The van der Waals surface area contributed by atoms with E-state index in [-0.39, 0.29) is 5.25 Å². The number of H-pyrrole nitrogens is 1. The van der Waals surface area contributed by atoms with Gasteiger partial charge in [-0.15, -0.1) is 20.4 Å². The molecule has 1 N–H and O–H groups in total. The summed E-state index contributed by atoms with van der Waals surface area (Å²) in [5, 5.41) is 18.0. The van der Waals surface area contributed by atoms with Crippen molar-refractivity contribution in [2.45, 2.75) is 17.4 Å². The van der Waals surface area contributed by atoms with Crippen molar-refractivity contribution < 1.29 is 8.83 Å². The van der Waals surface area contributed by atoms with Gasteiger partial charge in [0, 0.05) is 22.7 Å². The number of nitrogens with zero attached hydrogens (tertiary/aromatic N) is 4.